The predicted octanol–water partition coefficient (Wildman–Crippen LogP) is 3.56. The lowest BCUT2D eigenvalue weighted by molar-refractivity contribution is -0.125. The van der Waals surface area contributed by atoms with Gasteiger partial charge in [0.1, 0.15) is 12.4 Å². The quantitative estimate of drug-likeness (QED) is 0.434. The van der Waals surface area contributed by atoms with E-state index in [-0.39, 0.29) is 12.4 Å². The largest absolute Gasteiger partial charge is 0.379 e. The molecule has 0 bridgehead atoms. The minimum Gasteiger partial charge on any atom is -0.379 e. The number of unbranched alkanes of at least 4 members (excludes halogenated alkanes) is 2. The summed E-state index contributed by atoms with van der Waals surface area (Å²) in [7, 11) is 0. The van der Waals surface area contributed by atoms with Crippen molar-refractivity contribution in [3.63, 3.8) is 0 Å². The highest BCUT2D eigenvalue weighted by atomic mass is 16.5. The average molecular weight is 300 g/mol. The molecule has 0 aromatic carbocycles. The molecule has 0 fully saturated rings. The fraction of sp³-hybridized carbons (Fsp3) is 0.882. The zero-order valence-electron chi connectivity index (χ0n) is 14.0. The van der Waals surface area contributed by atoms with Gasteiger partial charge in [0, 0.05) is 25.9 Å². The van der Waals surface area contributed by atoms with E-state index in [2.05, 4.69) is 6.92 Å². The molecule has 0 spiro atoms. The lowest BCUT2D eigenvalue weighted by atomic mass is 9.97. The van der Waals surface area contributed by atoms with E-state index in [0.717, 1.165) is 25.7 Å². The first kappa shape index (κ1) is 20.3. The molecule has 0 aliphatic rings. The molecular formula is C17H32O4. The zero-order chi connectivity index (χ0) is 15.9. The minimum absolute atomic E-state index is 0.167. The van der Waals surface area contributed by atoms with Crippen molar-refractivity contribution in [1.29, 1.82) is 0 Å². The highest BCUT2D eigenvalue weighted by Gasteiger charge is 2.09. The first-order valence-electron chi connectivity index (χ1n) is 8.29. The van der Waals surface area contributed by atoms with Gasteiger partial charge in [0.25, 0.3) is 0 Å². The third kappa shape index (κ3) is 14.0. The number of hydrogen-bond donors (Lipinski definition) is 0. The van der Waals surface area contributed by atoms with Gasteiger partial charge in [0.2, 0.25) is 0 Å². The summed E-state index contributed by atoms with van der Waals surface area (Å²) in [6.45, 7) is 7.86. The van der Waals surface area contributed by atoms with E-state index in [9.17, 15) is 9.59 Å². The van der Waals surface area contributed by atoms with Gasteiger partial charge in [-0.1, -0.05) is 33.1 Å². The topological polar surface area (TPSA) is 52.6 Å². The first-order chi connectivity index (χ1) is 10.1. The predicted molar refractivity (Wildman–Crippen MR) is 84.5 cm³/mol. The van der Waals surface area contributed by atoms with Gasteiger partial charge < -0.3 is 9.47 Å². The summed E-state index contributed by atoms with van der Waals surface area (Å²) >= 11 is 0. The summed E-state index contributed by atoms with van der Waals surface area (Å²) in [6, 6.07) is 0. The van der Waals surface area contributed by atoms with Crippen LogP contribution in [-0.4, -0.2) is 38.0 Å². The fourth-order valence-electron chi connectivity index (χ4n) is 2.17. The van der Waals surface area contributed by atoms with Gasteiger partial charge >= 0.3 is 0 Å². The molecule has 0 saturated heterocycles. The third-order valence-electron chi connectivity index (χ3n) is 3.46. The first-order valence-corrected chi connectivity index (χ1v) is 8.29. The molecule has 0 rings (SSSR count). The zero-order valence-corrected chi connectivity index (χ0v) is 14.0. The molecule has 0 aromatic rings. The van der Waals surface area contributed by atoms with Crippen molar-refractivity contribution in [3.05, 3.63) is 0 Å². The van der Waals surface area contributed by atoms with Crippen LogP contribution in [0.2, 0.25) is 0 Å². The van der Waals surface area contributed by atoms with Crippen LogP contribution < -0.4 is 0 Å². The smallest absolute Gasteiger partial charge is 0.158 e. The van der Waals surface area contributed by atoms with Gasteiger partial charge in [-0.05, 0) is 19.3 Å². The van der Waals surface area contributed by atoms with Crippen LogP contribution in [0.4, 0.5) is 0 Å². The molecule has 0 heterocycles. The van der Waals surface area contributed by atoms with Crippen molar-refractivity contribution in [1.82, 2.24) is 0 Å². The lowest BCUT2D eigenvalue weighted by Gasteiger charge is -2.10. The SMILES string of the molecule is CCOCCOCC(=O)CC(C)CCCCCC(=O)CC. The number of ether oxygens (including phenoxy) is 2. The maximum atomic E-state index is 11.7. The van der Waals surface area contributed by atoms with Crippen molar-refractivity contribution in [2.75, 3.05) is 26.4 Å². The van der Waals surface area contributed by atoms with Crippen LogP contribution in [0.25, 0.3) is 0 Å². The van der Waals surface area contributed by atoms with Crippen LogP contribution >= 0.6 is 0 Å². The summed E-state index contributed by atoms with van der Waals surface area (Å²) in [6.07, 6.45) is 6.14. The van der Waals surface area contributed by atoms with Crippen LogP contribution in [0.15, 0.2) is 0 Å². The van der Waals surface area contributed by atoms with E-state index in [1.807, 2.05) is 13.8 Å². The Labute approximate surface area is 129 Å². The maximum Gasteiger partial charge on any atom is 0.158 e. The highest BCUT2D eigenvalue weighted by Crippen LogP contribution is 2.14. The van der Waals surface area contributed by atoms with Gasteiger partial charge in [-0.15, -0.1) is 0 Å². The lowest BCUT2D eigenvalue weighted by Crippen LogP contribution is -2.15. The molecule has 1 unspecified atom stereocenters. The summed E-state index contributed by atoms with van der Waals surface area (Å²) < 4.78 is 10.4. The monoisotopic (exact) mass is 300 g/mol. The molecule has 124 valence electrons. The molecule has 0 amide bonds. The Morgan fingerprint density at radius 2 is 1.67 bits per heavy atom. The Bertz CT molecular complexity index is 276. The molecule has 21 heavy (non-hydrogen) atoms. The molecule has 4 nitrogen and oxygen atoms in total. The van der Waals surface area contributed by atoms with E-state index >= 15 is 0 Å². The Morgan fingerprint density at radius 3 is 2.33 bits per heavy atom. The van der Waals surface area contributed by atoms with E-state index in [0.29, 0.717) is 50.8 Å². The molecular weight excluding hydrogens is 268 g/mol. The molecule has 4 heteroatoms. The van der Waals surface area contributed by atoms with E-state index in [1.165, 1.54) is 0 Å². The van der Waals surface area contributed by atoms with E-state index in [4.69, 9.17) is 9.47 Å². The maximum absolute atomic E-state index is 11.7. The van der Waals surface area contributed by atoms with E-state index in [1.54, 1.807) is 0 Å². The van der Waals surface area contributed by atoms with Crippen molar-refractivity contribution in [3.8, 4) is 0 Å². The number of carbonyl (C=O) groups excluding carboxylic acids is 2. The Morgan fingerprint density at radius 1 is 0.952 bits per heavy atom. The number of Topliss-reactive ketones (excluding diaryl/α,β-unsaturated/α-hetero) is 2. The average Bonchev–Trinajstić information content (AvgIpc) is 2.46. The number of rotatable bonds is 15. The van der Waals surface area contributed by atoms with Gasteiger partial charge in [0.05, 0.1) is 13.2 Å². The van der Waals surface area contributed by atoms with Gasteiger partial charge in [-0.3, -0.25) is 9.59 Å². The standard InChI is InChI=1S/C17H32O4/c1-4-16(18)10-8-6-7-9-15(3)13-17(19)14-21-12-11-20-5-2/h15H,4-14H2,1-3H3. The molecule has 0 aliphatic carbocycles. The molecule has 0 N–H and O–H groups in total. The van der Waals surface area contributed by atoms with Crippen LogP contribution in [0, 0.1) is 5.92 Å². The second-order valence-electron chi connectivity index (χ2n) is 5.59. The van der Waals surface area contributed by atoms with Gasteiger partial charge in [-0.25, -0.2) is 0 Å². The van der Waals surface area contributed by atoms with Crippen molar-refractivity contribution in [2.45, 2.75) is 65.7 Å². The normalized spacial score (nSPS) is 12.3. The summed E-state index contributed by atoms with van der Waals surface area (Å²) in [4.78, 5) is 22.8. The second kappa shape index (κ2) is 14.2. The Balaban J connectivity index is 3.45. The Hall–Kier alpha value is -0.740. The van der Waals surface area contributed by atoms with Crippen molar-refractivity contribution in [2.24, 2.45) is 5.92 Å². The fourth-order valence-corrected chi connectivity index (χ4v) is 2.17. The number of hydrogen-bond acceptors (Lipinski definition) is 4. The van der Waals surface area contributed by atoms with Crippen molar-refractivity contribution < 1.29 is 19.1 Å². The van der Waals surface area contributed by atoms with Gasteiger partial charge in [0.15, 0.2) is 5.78 Å². The van der Waals surface area contributed by atoms with Gasteiger partial charge in [-0.2, -0.15) is 0 Å². The molecule has 1 atom stereocenters. The number of ketones is 2. The number of carbonyl (C=O) groups is 2. The van der Waals surface area contributed by atoms with Crippen molar-refractivity contribution >= 4 is 11.6 Å². The highest BCUT2D eigenvalue weighted by molar-refractivity contribution is 5.79. The summed E-state index contributed by atoms with van der Waals surface area (Å²) in [5.74, 6) is 0.914. The molecule has 0 saturated carbocycles. The van der Waals surface area contributed by atoms with Crippen LogP contribution in [0.1, 0.15) is 65.7 Å². The summed E-state index contributed by atoms with van der Waals surface area (Å²) in [5.41, 5.74) is 0. The molecule has 0 radical (unpaired) electrons. The molecule has 0 aliphatic heterocycles. The van der Waals surface area contributed by atoms with Crippen LogP contribution in [0.3, 0.4) is 0 Å². The van der Waals surface area contributed by atoms with E-state index < -0.39 is 0 Å². The van der Waals surface area contributed by atoms with Crippen LogP contribution in [0.5, 0.6) is 0 Å². The Kier molecular flexibility index (Phi) is 13.7. The molecule has 0 aromatic heterocycles. The third-order valence-corrected chi connectivity index (χ3v) is 3.46. The summed E-state index contributed by atoms with van der Waals surface area (Å²) in [5, 5.41) is 0. The minimum atomic E-state index is 0.167. The van der Waals surface area contributed by atoms with Crippen LogP contribution in [-0.2, 0) is 19.1 Å². The second-order valence-corrected chi connectivity index (χ2v) is 5.59.